The predicted molar refractivity (Wildman–Crippen MR) is 239 cm³/mol. The lowest BCUT2D eigenvalue weighted by Crippen LogP contribution is -2.29. The van der Waals surface area contributed by atoms with E-state index in [1.54, 1.807) is 6.92 Å². The average molecular weight is 823 g/mol. The Bertz CT molecular complexity index is 1070. The maximum Gasteiger partial charge on any atom is 0.472 e. The fourth-order valence-corrected chi connectivity index (χ4v) is 7.14. The highest BCUT2D eigenvalue weighted by atomic mass is 31.2. The third kappa shape index (κ3) is 43.4. The van der Waals surface area contributed by atoms with E-state index in [1.165, 1.54) is 109 Å². The Morgan fingerprint density at radius 1 is 0.474 bits per heavy atom. The molecule has 9 heteroatoms. The van der Waals surface area contributed by atoms with Crippen LogP contribution in [0.25, 0.3) is 0 Å². The second-order valence-corrected chi connectivity index (χ2v) is 16.9. The summed E-state index contributed by atoms with van der Waals surface area (Å²) in [7, 11) is -4.29. The van der Waals surface area contributed by atoms with E-state index >= 15 is 0 Å². The fourth-order valence-electron chi connectivity index (χ4n) is 6.38. The number of carbonyl (C=O) groups is 2. The molecule has 0 aliphatic carbocycles. The molecule has 2 unspecified atom stereocenters. The van der Waals surface area contributed by atoms with Crippen molar-refractivity contribution in [1.82, 2.24) is 0 Å². The van der Waals surface area contributed by atoms with Gasteiger partial charge in [0.05, 0.1) is 13.2 Å². The van der Waals surface area contributed by atoms with Gasteiger partial charge in [0.1, 0.15) is 6.61 Å². The minimum atomic E-state index is -4.29. The summed E-state index contributed by atoms with van der Waals surface area (Å²) in [5.74, 6) is -0.814. The number of phosphoric ester groups is 1. The fraction of sp³-hybridized carbons (Fsp3) is 0.792. The standard InChI is InChI=1S/C48H87O8P/c1-4-7-9-11-13-15-17-19-21-22-23-24-25-26-27-28-29-31-33-35-37-39-41-43-48(50)56-46(45-55-57(51,52)54-6-3)44-53-47(49)42-40-38-36-34-32-30-20-18-16-14-12-10-8-5-2/h12,14,17-20,22-23,46H,4-11,13,15-16,21,24-45H2,1-3H3,(H,51,52)/b14-12-,19-17-,20-18-,23-22-. The van der Waals surface area contributed by atoms with E-state index in [0.29, 0.717) is 6.42 Å². The summed E-state index contributed by atoms with van der Waals surface area (Å²) in [6, 6.07) is 0. The smallest absolute Gasteiger partial charge is 0.462 e. The monoisotopic (exact) mass is 823 g/mol. The van der Waals surface area contributed by atoms with Crippen LogP contribution in [0.1, 0.15) is 220 Å². The van der Waals surface area contributed by atoms with Crippen LogP contribution in [0, 0.1) is 0 Å². The van der Waals surface area contributed by atoms with Gasteiger partial charge in [-0.15, -0.1) is 0 Å². The molecule has 0 aliphatic heterocycles. The number of phosphoric acid groups is 1. The van der Waals surface area contributed by atoms with Gasteiger partial charge < -0.3 is 14.4 Å². The van der Waals surface area contributed by atoms with Crippen molar-refractivity contribution >= 4 is 19.8 Å². The average Bonchev–Trinajstić information content (AvgIpc) is 3.19. The van der Waals surface area contributed by atoms with Gasteiger partial charge in [-0.25, -0.2) is 4.57 Å². The molecule has 0 radical (unpaired) electrons. The molecular formula is C48H87O8P. The Hall–Kier alpha value is -1.99. The van der Waals surface area contributed by atoms with E-state index in [1.807, 2.05) is 0 Å². The summed E-state index contributed by atoms with van der Waals surface area (Å²) in [4.78, 5) is 34.8. The summed E-state index contributed by atoms with van der Waals surface area (Å²) < 4.78 is 32.7. The Kier molecular flexibility index (Phi) is 42.1. The van der Waals surface area contributed by atoms with Crippen LogP contribution in [0.4, 0.5) is 0 Å². The third-order valence-corrected chi connectivity index (χ3v) is 10.9. The van der Waals surface area contributed by atoms with E-state index in [4.69, 9.17) is 18.5 Å². The minimum Gasteiger partial charge on any atom is -0.462 e. The Labute approximate surface area is 350 Å². The maximum atomic E-state index is 12.6. The number of esters is 2. The summed E-state index contributed by atoms with van der Waals surface area (Å²) >= 11 is 0. The van der Waals surface area contributed by atoms with Crippen molar-refractivity contribution in [2.45, 2.75) is 226 Å². The molecule has 0 fully saturated rings. The molecule has 0 aliphatic rings. The molecule has 332 valence electrons. The zero-order valence-corrected chi connectivity index (χ0v) is 37.9. The highest BCUT2D eigenvalue weighted by molar-refractivity contribution is 7.47. The molecule has 0 saturated heterocycles. The molecule has 0 rings (SSSR count). The summed E-state index contributed by atoms with van der Waals surface area (Å²) in [6.45, 7) is 5.42. The molecule has 57 heavy (non-hydrogen) atoms. The van der Waals surface area contributed by atoms with Crippen LogP contribution >= 0.6 is 7.82 Å². The number of hydrogen-bond donors (Lipinski definition) is 1. The molecule has 0 bridgehead atoms. The molecule has 0 aromatic rings. The van der Waals surface area contributed by atoms with Crippen molar-refractivity contribution in [1.29, 1.82) is 0 Å². The van der Waals surface area contributed by atoms with Crippen LogP contribution in [0.15, 0.2) is 48.6 Å². The number of rotatable bonds is 43. The molecule has 0 heterocycles. The van der Waals surface area contributed by atoms with Gasteiger partial charge in [0.15, 0.2) is 6.10 Å². The van der Waals surface area contributed by atoms with E-state index in [9.17, 15) is 19.0 Å². The highest BCUT2D eigenvalue weighted by Gasteiger charge is 2.25. The summed E-state index contributed by atoms with van der Waals surface area (Å²) in [5.41, 5.74) is 0. The third-order valence-electron chi connectivity index (χ3n) is 9.86. The van der Waals surface area contributed by atoms with E-state index in [2.05, 4.69) is 62.5 Å². The van der Waals surface area contributed by atoms with Crippen molar-refractivity contribution in [2.24, 2.45) is 0 Å². The minimum absolute atomic E-state index is 0.00327. The molecule has 0 spiro atoms. The lowest BCUT2D eigenvalue weighted by molar-refractivity contribution is -0.161. The number of ether oxygens (including phenoxy) is 2. The van der Waals surface area contributed by atoms with Gasteiger partial charge in [0.2, 0.25) is 0 Å². The predicted octanol–water partition coefficient (Wildman–Crippen LogP) is 15.0. The zero-order chi connectivity index (χ0) is 41.8. The second kappa shape index (κ2) is 43.6. The van der Waals surface area contributed by atoms with Crippen molar-refractivity contribution in [3.05, 3.63) is 48.6 Å². The molecule has 0 aromatic heterocycles. The van der Waals surface area contributed by atoms with Crippen LogP contribution in [0.2, 0.25) is 0 Å². The molecule has 0 aromatic carbocycles. The van der Waals surface area contributed by atoms with Crippen LogP contribution < -0.4 is 0 Å². The van der Waals surface area contributed by atoms with Gasteiger partial charge in [0.25, 0.3) is 0 Å². The van der Waals surface area contributed by atoms with Crippen LogP contribution in [0.3, 0.4) is 0 Å². The largest absolute Gasteiger partial charge is 0.472 e. The van der Waals surface area contributed by atoms with E-state index in [0.717, 1.165) is 70.6 Å². The number of hydrogen-bond acceptors (Lipinski definition) is 7. The van der Waals surface area contributed by atoms with Gasteiger partial charge in [0, 0.05) is 12.8 Å². The quantitative estimate of drug-likeness (QED) is 0.0280. The molecule has 0 saturated carbocycles. The Morgan fingerprint density at radius 2 is 0.860 bits per heavy atom. The van der Waals surface area contributed by atoms with Crippen molar-refractivity contribution in [3.8, 4) is 0 Å². The van der Waals surface area contributed by atoms with Crippen molar-refractivity contribution < 1.29 is 37.6 Å². The zero-order valence-electron chi connectivity index (χ0n) is 37.0. The van der Waals surface area contributed by atoms with Gasteiger partial charge in [-0.2, -0.15) is 0 Å². The first-order chi connectivity index (χ1) is 27.8. The van der Waals surface area contributed by atoms with Crippen LogP contribution in [-0.4, -0.2) is 42.8 Å². The van der Waals surface area contributed by atoms with Gasteiger partial charge in [-0.05, 0) is 77.6 Å². The lowest BCUT2D eigenvalue weighted by Gasteiger charge is -2.19. The van der Waals surface area contributed by atoms with E-state index in [-0.39, 0.29) is 32.0 Å². The van der Waals surface area contributed by atoms with Gasteiger partial charge in [-0.1, -0.05) is 178 Å². The number of carbonyl (C=O) groups excluding carboxylic acids is 2. The van der Waals surface area contributed by atoms with Crippen LogP contribution in [-0.2, 0) is 32.7 Å². The molecule has 0 amide bonds. The first kappa shape index (κ1) is 55.0. The molecule has 1 N–H and O–H groups in total. The first-order valence-electron chi connectivity index (χ1n) is 23.4. The Balaban J connectivity index is 4.02. The second-order valence-electron chi connectivity index (χ2n) is 15.4. The maximum absolute atomic E-state index is 12.6. The normalized spacial score (nSPS) is 13.7. The highest BCUT2D eigenvalue weighted by Crippen LogP contribution is 2.43. The number of unbranched alkanes of at least 4 members (excludes halogenated alkanes) is 23. The van der Waals surface area contributed by atoms with Crippen molar-refractivity contribution in [2.75, 3.05) is 19.8 Å². The molecule has 2 atom stereocenters. The summed E-state index contributed by atoms with van der Waals surface area (Å²) in [6.07, 6.45) is 51.7. The summed E-state index contributed by atoms with van der Waals surface area (Å²) in [5, 5.41) is 0. The lowest BCUT2D eigenvalue weighted by atomic mass is 10.0. The van der Waals surface area contributed by atoms with Crippen molar-refractivity contribution in [3.63, 3.8) is 0 Å². The Morgan fingerprint density at radius 3 is 1.30 bits per heavy atom. The van der Waals surface area contributed by atoms with E-state index < -0.39 is 26.5 Å². The molecule has 8 nitrogen and oxygen atoms in total. The topological polar surface area (TPSA) is 108 Å². The SMILES string of the molecule is CCCC/C=C\C/C=C\CCCCCCCC(=O)OCC(COP(=O)(O)OCC)OC(=O)CCCCCCCCCCCCC/C=C\C/C=C\CCCCCCC. The number of allylic oxidation sites excluding steroid dienone is 8. The first-order valence-corrected chi connectivity index (χ1v) is 24.9. The van der Waals surface area contributed by atoms with Gasteiger partial charge >= 0.3 is 19.8 Å². The molecular weight excluding hydrogens is 735 g/mol. The van der Waals surface area contributed by atoms with Crippen LogP contribution in [0.5, 0.6) is 0 Å². The van der Waals surface area contributed by atoms with Gasteiger partial charge in [-0.3, -0.25) is 18.6 Å².